The average Bonchev–Trinajstić information content (AvgIpc) is 2.99. The van der Waals surface area contributed by atoms with E-state index in [2.05, 4.69) is 9.88 Å². The maximum Gasteiger partial charge on any atom is 0.403 e. The Balaban J connectivity index is 1.45. The molecule has 1 aromatic rings. The molecule has 2 saturated heterocycles. The summed E-state index contributed by atoms with van der Waals surface area (Å²) in [6, 6.07) is -1.22. The molecule has 0 radical (unpaired) electrons. The number of halogens is 3. The Labute approximate surface area is 136 Å². The van der Waals surface area contributed by atoms with Crippen molar-refractivity contribution in [1.82, 2.24) is 19.7 Å². The van der Waals surface area contributed by atoms with Crippen LogP contribution in [0.2, 0.25) is 0 Å². The number of hydrogen-bond donors (Lipinski definition) is 0. The second-order valence-corrected chi connectivity index (χ2v) is 6.89. The predicted octanol–water partition coefficient (Wildman–Crippen LogP) is 1.54. The summed E-state index contributed by atoms with van der Waals surface area (Å²) < 4.78 is 38.0. The number of carbonyl (C=O) groups is 1. The van der Waals surface area contributed by atoms with Gasteiger partial charge in [0.25, 0.3) is 5.91 Å². The van der Waals surface area contributed by atoms with Crippen LogP contribution in [0.4, 0.5) is 13.2 Å². The molecular formula is C14H19F3N4OS. The average molecular weight is 348 g/mol. The molecule has 0 aromatic carbocycles. The zero-order chi connectivity index (χ0) is 16.6. The van der Waals surface area contributed by atoms with E-state index in [1.165, 1.54) is 23.2 Å². The summed E-state index contributed by atoms with van der Waals surface area (Å²) in [6.07, 6.45) is -2.55. The molecule has 1 aromatic heterocycles. The molecular weight excluding hydrogens is 329 g/mol. The van der Waals surface area contributed by atoms with Crippen LogP contribution in [0.5, 0.6) is 0 Å². The van der Waals surface area contributed by atoms with Gasteiger partial charge in [-0.15, -0.1) is 11.3 Å². The van der Waals surface area contributed by atoms with E-state index in [0.717, 1.165) is 0 Å². The van der Waals surface area contributed by atoms with Crippen LogP contribution in [0.3, 0.4) is 0 Å². The topological polar surface area (TPSA) is 39.7 Å². The van der Waals surface area contributed by atoms with E-state index in [0.29, 0.717) is 44.3 Å². The van der Waals surface area contributed by atoms with Gasteiger partial charge in [-0.1, -0.05) is 0 Å². The molecule has 2 aliphatic rings. The van der Waals surface area contributed by atoms with Crippen molar-refractivity contribution in [3.05, 3.63) is 16.6 Å². The van der Waals surface area contributed by atoms with Crippen molar-refractivity contribution >= 4 is 17.2 Å². The zero-order valence-corrected chi connectivity index (χ0v) is 13.6. The summed E-state index contributed by atoms with van der Waals surface area (Å²) in [7, 11) is 0. The van der Waals surface area contributed by atoms with Crippen molar-refractivity contribution in [2.24, 2.45) is 0 Å². The van der Waals surface area contributed by atoms with E-state index in [4.69, 9.17) is 0 Å². The van der Waals surface area contributed by atoms with E-state index >= 15 is 0 Å². The Morgan fingerprint density at radius 2 is 1.96 bits per heavy atom. The number of piperazine rings is 1. The molecule has 9 heteroatoms. The Kier molecular flexibility index (Phi) is 4.61. The van der Waals surface area contributed by atoms with Gasteiger partial charge in [-0.2, -0.15) is 13.2 Å². The third-order valence-corrected chi connectivity index (χ3v) is 5.41. The summed E-state index contributed by atoms with van der Waals surface area (Å²) >= 11 is 1.32. The molecule has 0 aliphatic carbocycles. The second kappa shape index (κ2) is 6.37. The van der Waals surface area contributed by atoms with Gasteiger partial charge in [0.1, 0.15) is 6.04 Å². The van der Waals surface area contributed by atoms with Gasteiger partial charge in [-0.25, -0.2) is 4.98 Å². The molecule has 1 amide bonds. The van der Waals surface area contributed by atoms with E-state index in [9.17, 15) is 18.0 Å². The highest BCUT2D eigenvalue weighted by Crippen LogP contribution is 2.29. The Hall–Kier alpha value is -1.19. The molecule has 0 N–H and O–H groups in total. The highest BCUT2D eigenvalue weighted by molar-refractivity contribution is 7.11. The van der Waals surface area contributed by atoms with Crippen LogP contribution in [0.15, 0.2) is 11.6 Å². The minimum Gasteiger partial charge on any atom is -0.334 e. The Morgan fingerprint density at radius 3 is 2.48 bits per heavy atom. The van der Waals surface area contributed by atoms with Gasteiger partial charge in [0, 0.05) is 56.9 Å². The molecule has 0 spiro atoms. The van der Waals surface area contributed by atoms with Crippen molar-refractivity contribution in [2.45, 2.75) is 25.2 Å². The molecule has 3 rings (SSSR count). The van der Waals surface area contributed by atoms with Gasteiger partial charge < -0.3 is 4.90 Å². The van der Waals surface area contributed by atoms with Gasteiger partial charge in [-0.3, -0.25) is 14.6 Å². The minimum atomic E-state index is -4.16. The maximum atomic E-state index is 12.7. The number of amides is 1. The Morgan fingerprint density at radius 1 is 1.30 bits per heavy atom. The number of carbonyl (C=O) groups excluding carboxylic acids is 1. The van der Waals surface area contributed by atoms with Crippen LogP contribution in [0.1, 0.15) is 16.7 Å². The summed E-state index contributed by atoms with van der Waals surface area (Å²) in [5, 5.41) is 2.26. The first-order chi connectivity index (χ1) is 10.9. The summed E-state index contributed by atoms with van der Waals surface area (Å²) in [5.41, 5.74) is 0. The van der Waals surface area contributed by atoms with Gasteiger partial charge in [0.05, 0.1) is 0 Å². The van der Waals surface area contributed by atoms with E-state index in [1.807, 2.05) is 0 Å². The van der Waals surface area contributed by atoms with Crippen LogP contribution in [0, 0.1) is 0 Å². The molecule has 0 bridgehead atoms. The molecule has 0 saturated carbocycles. The van der Waals surface area contributed by atoms with Crippen LogP contribution < -0.4 is 0 Å². The second-order valence-electron chi connectivity index (χ2n) is 5.99. The van der Waals surface area contributed by atoms with E-state index < -0.39 is 12.2 Å². The van der Waals surface area contributed by atoms with Crippen molar-refractivity contribution in [3.63, 3.8) is 0 Å². The molecule has 2 fully saturated rings. The van der Waals surface area contributed by atoms with Gasteiger partial charge >= 0.3 is 6.18 Å². The largest absolute Gasteiger partial charge is 0.403 e. The smallest absolute Gasteiger partial charge is 0.334 e. The number of aromatic nitrogens is 1. The molecule has 1 atom stereocenters. The van der Waals surface area contributed by atoms with Crippen LogP contribution in [-0.4, -0.2) is 83.1 Å². The zero-order valence-electron chi connectivity index (χ0n) is 12.8. The van der Waals surface area contributed by atoms with Crippen LogP contribution >= 0.6 is 11.3 Å². The van der Waals surface area contributed by atoms with E-state index in [-0.39, 0.29) is 11.9 Å². The number of likely N-dealkylation sites (tertiary alicyclic amines) is 1. The number of hydrogen-bond acceptors (Lipinski definition) is 5. The lowest BCUT2D eigenvalue weighted by atomic mass is 10.0. The molecule has 1 unspecified atom stereocenters. The number of alkyl halides is 3. The van der Waals surface area contributed by atoms with Crippen LogP contribution in [-0.2, 0) is 0 Å². The van der Waals surface area contributed by atoms with E-state index in [1.54, 1.807) is 16.5 Å². The number of rotatable bonds is 3. The third kappa shape index (κ3) is 3.51. The molecule has 3 heterocycles. The quantitative estimate of drug-likeness (QED) is 0.831. The first-order valence-electron chi connectivity index (χ1n) is 7.60. The SMILES string of the molecule is CC(N1CC(N2CCN(C(=O)c3nccs3)CC2)C1)C(F)(F)F. The summed E-state index contributed by atoms with van der Waals surface area (Å²) in [6.45, 7) is 4.71. The first kappa shape index (κ1) is 16.7. The molecule has 2 aliphatic heterocycles. The van der Waals surface area contributed by atoms with Gasteiger partial charge in [0.15, 0.2) is 5.01 Å². The highest BCUT2D eigenvalue weighted by Gasteiger charge is 2.46. The van der Waals surface area contributed by atoms with Gasteiger partial charge in [0.2, 0.25) is 0 Å². The monoisotopic (exact) mass is 348 g/mol. The molecule has 23 heavy (non-hydrogen) atoms. The van der Waals surface area contributed by atoms with Crippen molar-refractivity contribution in [3.8, 4) is 0 Å². The van der Waals surface area contributed by atoms with Crippen molar-refractivity contribution in [2.75, 3.05) is 39.3 Å². The third-order valence-electron chi connectivity index (χ3n) is 4.65. The normalized spacial score (nSPS) is 22.9. The highest BCUT2D eigenvalue weighted by atomic mass is 32.1. The number of thiazole rings is 1. The number of nitrogens with zero attached hydrogens (tertiary/aromatic N) is 4. The fourth-order valence-corrected chi connectivity index (χ4v) is 3.60. The predicted molar refractivity (Wildman–Crippen MR) is 80.5 cm³/mol. The van der Waals surface area contributed by atoms with Crippen molar-refractivity contribution < 1.29 is 18.0 Å². The Bertz CT molecular complexity index is 537. The fourth-order valence-electron chi connectivity index (χ4n) is 3.00. The van der Waals surface area contributed by atoms with Crippen molar-refractivity contribution in [1.29, 1.82) is 0 Å². The lowest BCUT2D eigenvalue weighted by Gasteiger charge is -2.50. The fraction of sp³-hybridized carbons (Fsp3) is 0.714. The summed E-state index contributed by atoms with van der Waals surface area (Å²) in [5.74, 6) is -0.0550. The van der Waals surface area contributed by atoms with Gasteiger partial charge in [-0.05, 0) is 6.92 Å². The minimum absolute atomic E-state index is 0.0550. The lowest BCUT2D eigenvalue weighted by molar-refractivity contribution is -0.195. The first-order valence-corrected chi connectivity index (χ1v) is 8.48. The standard InChI is InChI=1S/C14H19F3N4OS/c1-10(14(15,16)17)21-8-11(9-21)19-3-5-20(6-4-19)13(22)12-18-2-7-23-12/h2,7,10-11H,3-6,8-9H2,1H3. The maximum absolute atomic E-state index is 12.7. The van der Waals surface area contributed by atoms with Crippen LogP contribution in [0.25, 0.3) is 0 Å². The molecule has 128 valence electrons. The summed E-state index contributed by atoms with van der Waals surface area (Å²) in [4.78, 5) is 21.6. The lowest BCUT2D eigenvalue weighted by Crippen LogP contribution is -2.66. The molecule has 5 nitrogen and oxygen atoms in total.